The number of nitrogens with zero attached hydrogens (tertiary/aromatic N) is 1. The zero-order valence-corrected chi connectivity index (χ0v) is 20.8. The summed E-state index contributed by atoms with van der Waals surface area (Å²) in [7, 11) is 0. The number of aryl methyl sites for hydroxylation is 2. The SMILES string of the molecule is Cc1cc(C)cc(OCC(=O)N(Cc2cccc(Br)c2)[C@@H](C)C(=O)NC2CCCCC2)c1. The van der Waals surface area contributed by atoms with Crippen LogP contribution in [0.25, 0.3) is 0 Å². The van der Waals surface area contributed by atoms with Gasteiger partial charge in [-0.25, -0.2) is 0 Å². The maximum atomic E-state index is 13.2. The molecule has 172 valence electrons. The van der Waals surface area contributed by atoms with E-state index in [2.05, 4.69) is 27.3 Å². The topological polar surface area (TPSA) is 58.6 Å². The van der Waals surface area contributed by atoms with E-state index in [0.717, 1.165) is 46.8 Å². The summed E-state index contributed by atoms with van der Waals surface area (Å²) in [5, 5.41) is 3.16. The Labute approximate surface area is 199 Å². The van der Waals surface area contributed by atoms with Crippen LogP contribution >= 0.6 is 15.9 Å². The minimum Gasteiger partial charge on any atom is -0.484 e. The molecule has 1 aliphatic carbocycles. The molecule has 1 fully saturated rings. The molecule has 0 spiro atoms. The molecule has 1 atom stereocenters. The highest BCUT2D eigenvalue weighted by molar-refractivity contribution is 9.10. The average molecular weight is 501 g/mol. The fourth-order valence-corrected chi connectivity index (χ4v) is 4.67. The molecule has 0 heterocycles. The summed E-state index contributed by atoms with van der Waals surface area (Å²) in [6, 6.07) is 13.3. The first-order chi connectivity index (χ1) is 15.3. The van der Waals surface area contributed by atoms with Gasteiger partial charge in [-0.1, -0.05) is 53.4 Å². The number of nitrogens with one attached hydrogen (secondary N) is 1. The highest BCUT2D eigenvalue weighted by Gasteiger charge is 2.28. The Kier molecular flexibility index (Phi) is 8.74. The zero-order valence-electron chi connectivity index (χ0n) is 19.2. The van der Waals surface area contributed by atoms with Crippen LogP contribution in [0.2, 0.25) is 0 Å². The Morgan fingerprint density at radius 2 is 1.78 bits per heavy atom. The van der Waals surface area contributed by atoms with Crippen LogP contribution in [-0.2, 0) is 16.1 Å². The van der Waals surface area contributed by atoms with Crippen molar-refractivity contribution in [2.75, 3.05) is 6.61 Å². The first kappa shape index (κ1) is 24.3. The van der Waals surface area contributed by atoms with E-state index >= 15 is 0 Å². The Morgan fingerprint density at radius 1 is 1.09 bits per heavy atom. The first-order valence-electron chi connectivity index (χ1n) is 11.4. The molecule has 2 aromatic carbocycles. The summed E-state index contributed by atoms with van der Waals surface area (Å²) in [5.41, 5.74) is 3.12. The Morgan fingerprint density at radius 3 is 2.44 bits per heavy atom. The van der Waals surface area contributed by atoms with Crippen LogP contribution in [-0.4, -0.2) is 35.4 Å². The van der Waals surface area contributed by atoms with Crippen molar-refractivity contribution in [1.29, 1.82) is 0 Å². The number of benzene rings is 2. The van der Waals surface area contributed by atoms with Crippen molar-refractivity contribution in [3.05, 3.63) is 63.6 Å². The van der Waals surface area contributed by atoms with E-state index in [4.69, 9.17) is 4.74 Å². The predicted octanol–water partition coefficient (Wildman–Crippen LogP) is 5.31. The number of ether oxygens (including phenoxy) is 1. The fourth-order valence-electron chi connectivity index (χ4n) is 4.23. The second-order valence-electron chi connectivity index (χ2n) is 8.78. The lowest BCUT2D eigenvalue weighted by Crippen LogP contribution is -2.51. The molecule has 1 aliphatic rings. The van der Waals surface area contributed by atoms with Gasteiger partial charge in [-0.05, 0) is 74.6 Å². The lowest BCUT2D eigenvalue weighted by molar-refractivity contribution is -0.142. The number of halogens is 1. The van der Waals surface area contributed by atoms with Gasteiger partial charge in [0.2, 0.25) is 5.91 Å². The summed E-state index contributed by atoms with van der Waals surface area (Å²) in [6.07, 6.45) is 5.53. The molecule has 1 saturated carbocycles. The van der Waals surface area contributed by atoms with E-state index in [1.165, 1.54) is 6.42 Å². The molecule has 5 nitrogen and oxygen atoms in total. The van der Waals surface area contributed by atoms with E-state index in [0.29, 0.717) is 12.3 Å². The van der Waals surface area contributed by atoms with Gasteiger partial charge in [-0.15, -0.1) is 0 Å². The lowest BCUT2D eigenvalue weighted by atomic mass is 9.95. The van der Waals surface area contributed by atoms with Crippen LogP contribution in [0, 0.1) is 13.8 Å². The molecular formula is C26H33BrN2O3. The zero-order chi connectivity index (χ0) is 23.1. The number of hydrogen-bond donors (Lipinski definition) is 1. The van der Waals surface area contributed by atoms with Crippen LogP contribution < -0.4 is 10.1 Å². The number of amides is 2. The van der Waals surface area contributed by atoms with Crippen molar-refractivity contribution >= 4 is 27.7 Å². The van der Waals surface area contributed by atoms with Crippen molar-refractivity contribution in [2.24, 2.45) is 0 Å². The van der Waals surface area contributed by atoms with Gasteiger partial charge in [0.05, 0.1) is 0 Å². The van der Waals surface area contributed by atoms with E-state index in [1.807, 2.05) is 50.2 Å². The molecule has 1 N–H and O–H groups in total. The van der Waals surface area contributed by atoms with Gasteiger partial charge in [0.15, 0.2) is 6.61 Å². The summed E-state index contributed by atoms with van der Waals surface area (Å²) in [4.78, 5) is 27.9. The average Bonchev–Trinajstić information content (AvgIpc) is 2.75. The summed E-state index contributed by atoms with van der Waals surface area (Å²) >= 11 is 3.49. The second kappa shape index (κ2) is 11.5. The van der Waals surface area contributed by atoms with Gasteiger partial charge in [0, 0.05) is 17.1 Å². The van der Waals surface area contributed by atoms with Crippen molar-refractivity contribution in [1.82, 2.24) is 10.2 Å². The van der Waals surface area contributed by atoms with Gasteiger partial charge < -0.3 is 15.0 Å². The van der Waals surface area contributed by atoms with Crippen LogP contribution in [0.5, 0.6) is 5.75 Å². The van der Waals surface area contributed by atoms with E-state index in [1.54, 1.807) is 11.8 Å². The standard InChI is InChI=1S/C26H33BrN2O3/c1-18-12-19(2)14-24(13-18)32-17-25(30)29(16-21-8-7-9-22(27)15-21)20(3)26(31)28-23-10-5-4-6-11-23/h7-9,12-15,20,23H,4-6,10-11,16-17H2,1-3H3,(H,28,31)/t20-/m0/s1. The Hall–Kier alpha value is -2.34. The number of carbonyl (C=O) groups is 2. The molecule has 0 saturated heterocycles. The van der Waals surface area contributed by atoms with Crippen molar-refractivity contribution in [2.45, 2.75) is 71.5 Å². The Bertz CT molecular complexity index is 920. The monoisotopic (exact) mass is 500 g/mol. The third-order valence-electron chi connectivity index (χ3n) is 5.92. The number of carbonyl (C=O) groups excluding carboxylic acids is 2. The van der Waals surface area contributed by atoms with Crippen molar-refractivity contribution in [3.8, 4) is 5.75 Å². The third-order valence-corrected chi connectivity index (χ3v) is 6.41. The molecule has 0 radical (unpaired) electrons. The van der Waals surface area contributed by atoms with E-state index in [9.17, 15) is 9.59 Å². The molecule has 0 bridgehead atoms. The van der Waals surface area contributed by atoms with Gasteiger partial charge in [-0.2, -0.15) is 0 Å². The minimum atomic E-state index is -0.591. The first-order valence-corrected chi connectivity index (χ1v) is 12.2. The third kappa shape index (κ3) is 7.09. The molecule has 0 unspecified atom stereocenters. The van der Waals surface area contributed by atoms with Crippen LogP contribution in [0.4, 0.5) is 0 Å². The molecule has 6 heteroatoms. The van der Waals surface area contributed by atoms with Crippen LogP contribution in [0.3, 0.4) is 0 Å². The van der Waals surface area contributed by atoms with Crippen molar-refractivity contribution in [3.63, 3.8) is 0 Å². The summed E-state index contributed by atoms with van der Waals surface area (Å²) < 4.78 is 6.76. The molecule has 3 rings (SSSR count). The maximum absolute atomic E-state index is 13.2. The van der Waals surface area contributed by atoms with Gasteiger partial charge >= 0.3 is 0 Å². The van der Waals surface area contributed by atoms with E-state index in [-0.39, 0.29) is 24.5 Å². The highest BCUT2D eigenvalue weighted by atomic mass is 79.9. The van der Waals surface area contributed by atoms with Gasteiger partial charge in [0.25, 0.3) is 5.91 Å². The normalized spacial score (nSPS) is 15.1. The molecule has 2 aromatic rings. The predicted molar refractivity (Wildman–Crippen MR) is 131 cm³/mol. The quantitative estimate of drug-likeness (QED) is 0.534. The Balaban J connectivity index is 1.72. The fraction of sp³-hybridized carbons (Fsp3) is 0.462. The maximum Gasteiger partial charge on any atom is 0.261 e. The largest absolute Gasteiger partial charge is 0.484 e. The summed E-state index contributed by atoms with van der Waals surface area (Å²) in [5.74, 6) is 0.347. The summed E-state index contributed by atoms with van der Waals surface area (Å²) in [6.45, 7) is 6.02. The van der Waals surface area contributed by atoms with E-state index < -0.39 is 6.04 Å². The lowest BCUT2D eigenvalue weighted by Gasteiger charge is -2.31. The van der Waals surface area contributed by atoms with Crippen molar-refractivity contribution < 1.29 is 14.3 Å². The molecular weight excluding hydrogens is 468 g/mol. The number of hydrogen-bond acceptors (Lipinski definition) is 3. The molecule has 2 amide bonds. The molecule has 0 aromatic heterocycles. The number of rotatable bonds is 8. The minimum absolute atomic E-state index is 0.105. The van der Waals surface area contributed by atoms with Gasteiger partial charge in [-0.3, -0.25) is 9.59 Å². The smallest absolute Gasteiger partial charge is 0.261 e. The van der Waals surface area contributed by atoms with Crippen LogP contribution in [0.1, 0.15) is 55.7 Å². The molecule has 0 aliphatic heterocycles. The second-order valence-corrected chi connectivity index (χ2v) is 9.70. The van der Waals surface area contributed by atoms with Crippen LogP contribution in [0.15, 0.2) is 46.9 Å². The molecule has 32 heavy (non-hydrogen) atoms. The highest BCUT2D eigenvalue weighted by Crippen LogP contribution is 2.20. The van der Waals surface area contributed by atoms with Gasteiger partial charge in [0.1, 0.15) is 11.8 Å².